The molecule has 1 aliphatic carbocycles. The predicted molar refractivity (Wildman–Crippen MR) is 102 cm³/mol. The molecule has 0 saturated heterocycles. The summed E-state index contributed by atoms with van der Waals surface area (Å²) in [6, 6.07) is 0.587. The number of thiophene rings is 1. The van der Waals surface area contributed by atoms with Gasteiger partial charge in [0, 0.05) is 10.9 Å². The van der Waals surface area contributed by atoms with E-state index in [4.69, 9.17) is 10.7 Å². The Morgan fingerprint density at radius 2 is 2.00 bits per heavy atom. The van der Waals surface area contributed by atoms with Crippen molar-refractivity contribution in [1.82, 2.24) is 20.2 Å². The Balaban J connectivity index is 1.56. The zero-order valence-corrected chi connectivity index (χ0v) is 16.1. The number of nitrogens with zero attached hydrogens (tertiary/aromatic N) is 4. The van der Waals surface area contributed by atoms with E-state index in [0.717, 1.165) is 25.5 Å². The normalized spacial score (nSPS) is 15.8. The van der Waals surface area contributed by atoms with Crippen molar-refractivity contribution in [3.63, 3.8) is 0 Å². The summed E-state index contributed by atoms with van der Waals surface area (Å²) in [5, 5.41) is 13.8. The zero-order valence-electron chi connectivity index (χ0n) is 13.7. The van der Waals surface area contributed by atoms with Crippen molar-refractivity contribution in [3.8, 4) is 0 Å². The fourth-order valence-electron chi connectivity index (χ4n) is 2.40. The molecule has 1 saturated carbocycles. The molecule has 3 aromatic rings. The molecular formula is C15H18N6S3. The molecule has 0 aromatic carbocycles. The van der Waals surface area contributed by atoms with Gasteiger partial charge in [0.1, 0.15) is 16.5 Å². The molecule has 1 atom stereocenters. The average Bonchev–Trinajstić information content (AvgIpc) is 3.16. The van der Waals surface area contributed by atoms with E-state index in [0.29, 0.717) is 11.9 Å². The Labute approximate surface area is 152 Å². The van der Waals surface area contributed by atoms with Gasteiger partial charge in [-0.1, -0.05) is 23.1 Å². The van der Waals surface area contributed by atoms with Gasteiger partial charge < -0.3 is 11.1 Å². The third kappa shape index (κ3) is 3.07. The Bertz CT molecular complexity index is 898. The van der Waals surface area contributed by atoms with Gasteiger partial charge in [0.2, 0.25) is 5.13 Å². The zero-order chi connectivity index (χ0) is 16.8. The second-order valence-electron chi connectivity index (χ2n) is 5.98. The summed E-state index contributed by atoms with van der Waals surface area (Å²) in [6.45, 7) is 6.24. The number of anilines is 2. The van der Waals surface area contributed by atoms with E-state index in [1.807, 2.05) is 0 Å². The van der Waals surface area contributed by atoms with E-state index in [2.05, 4.69) is 41.3 Å². The molecule has 1 unspecified atom stereocenters. The fraction of sp³-hybridized carbons (Fsp3) is 0.467. The van der Waals surface area contributed by atoms with E-state index in [-0.39, 0.29) is 5.25 Å². The third-order valence-electron chi connectivity index (χ3n) is 4.03. The number of nitrogen functional groups attached to an aromatic ring is 1. The van der Waals surface area contributed by atoms with Crippen molar-refractivity contribution >= 4 is 55.6 Å². The summed E-state index contributed by atoms with van der Waals surface area (Å²) in [4.78, 5) is 11.5. The van der Waals surface area contributed by atoms with Gasteiger partial charge >= 0.3 is 0 Å². The molecule has 0 spiro atoms. The highest BCUT2D eigenvalue weighted by Crippen LogP contribution is 2.39. The van der Waals surface area contributed by atoms with Crippen LogP contribution in [0.4, 0.5) is 10.9 Å². The maximum atomic E-state index is 6.18. The average molecular weight is 379 g/mol. The number of thioether (sulfide) groups is 1. The van der Waals surface area contributed by atoms with Gasteiger partial charge in [-0.15, -0.1) is 21.5 Å². The molecule has 24 heavy (non-hydrogen) atoms. The van der Waals surface area contributed by atoms with Crippen LogP contribution >= 0.6 is 34.4 Å². The lowest BCUT2D eigenvalue weighted by molar-refractivity contribution is 0.934. The SMILES string of the molecule is Cc1sc2nc(C(C)Sc3nnc(NC4CC4)s3)nc(N)c2c1C. The molecule has 0 aliphatic heterocycles. The van der Waals surface area contributed by atoms with Gasteiger partial charge in [0.15, 0.2) is 4.34 Å². The molecule has 1 aliphatic rings. The van der Waals surface area contributed by atoms with E-state index in [1.54, 1.807) is 34.4 Å². The number of aromatic nitrogens is 4. The van der Waals surface area contributed by atoms with Crippen LogP contribution in [0.15, 0.2) is 4.34 Å². The summed E-state index contributed by atoms with van der Waals surface area (Å²) in [5.74, 6) is 1.32. The van der Waals surface area contributed by atoms with Crippen LogP contribution in [0, 0.1) is 13.8 Å². The molecule has 3 N–H and O–H groups in total. The maximum Gasteiger partial charge on any atom is 0.206 e. The van der Waals surface area contributed by atoms with Gasteiger partial charge in [-0.3, -0.25) is 0 Å². The highest BCUT2D eigenvalue weighted by molar-refractivity contribution is 8.01. The van der Waals surface area contributed by atoms with Gasteiger partial charge in [0.25, 0.3) is 0 Å². The monoisotopic (exact) mass is 378 g/mol. The predicted octanol–water partition coefficient (Wildman–Crippen LogP) is 4.17. The van der Waals surface area contributed by atoms with Crippen LogP contribution in [0.5, 0.6) is 0 Å². The summed E-state index contributed by atoms with van der Waals surface area (Å²) in [7, 11) is 0. The molecule has 0 radical (unpaired) electrons. The van der Waals surface area contributed by atoms with Crippen LogP contribution in [0.2, 0.25) is 0 Å². The molecule has 3 heterocycles. The first-order chi connectivity index (χ1) is 11.5. The summed E-state index contributed by atoms with van der Waals surface area (Å²) in [6.07, 6.45) is 2.45. The highest BCUT2D eigenvalue weighted by Gasteiger charge is 2.23. The van der Waals surface area contributed by atoms with Crippen LogP contribution in [-0.2, 0) is 0 Å². The Morgan fingerprint density at radius 3 is 2.75 bits per heavy atom. The molecule has 3 aromatic heterocycles. The number of hydrogen-bond acceptors (Lipinski definition) is 9. The molecule has 0 amide bonds. The topological polar surface area (TPSA) is 89.6 Å². The van der Waals surface area contributed by atoms with E-state index in [9.17, 15) is 0 Å². The Morgan fingerprint density at radius 1 is 1.21 bits per heavy atom. The molecule has 9 heteroatoms. The third-order valence-corrected chi connectivity index (χ3v) is 7.16. The molecule has 0 bridgehead atoms. The highest BCUT2D eigenvalue weighted by atomic mass is 32.2. The van der Waals surface area contributed by atoms with Crippen molar-refractivity contribution in [1.29, 1.82) is 0 Å². The molecular weight excluding hydrogens is 360 g/mol. The van der Waals surface area contributed by atoms with Gasteiger partial charge in [-0.2, -0.15) is 0 Å². The number of rotatable bonds is 5. The van der Waals surface area contributed by atoms with Crippen molar-refractivity contribution in [2.75, 3.05) is 11.1 Å². The molecule has 6 nitrogen and oxygen atoms in total. The van der Waals surface area contributed by atoms with Gasteiger partial charge in [0.05, 0.1) is 10.6 Å². The first-order valence-corrected chi connectivity index (χ1v) is 10.3. The number of aryl methyl sites for hydroxylation is 2. The summed E-state index contributed by atoms with van der Waals surface area (Å²) >= 11 is 4.88. The minimum Gasteiger partial charge on any atom is -0.383 e. The van der Waals surface area contributed by atoms with Crippen LogP contribution < -0.4 is 11.1 Å². The van der Waals surface area contributed by atoms with Crippen LogP contribution in [0.25, 0.3) is 10.2 Å². The van der Waals surface area contributed by atoms with Crippen molar-refractivity contribution in [2.24, 2.45) is 0 Å². The van der Waals surface area contributed by atoms with E-state index < -0.39 is 0 Å². The largest absolute Gasteiger partial charge is 0.383 e. The number of nitrogens with two attached hydrogens (primary N) is 1. The first kappa shape index (κ1) is 16.0. The summed E-state index contributed by atoms with van der Waals surface area (Å²) in [5.41, 5.74) is 7.36. The first-order valence-electron chi connectivity index (χ1n) is 7.81. The minimum atomic E-state index is 0.0705. The number of fused-ring (bicyclic) bond motifs is 1. The Hall–Kier alpha value is -1.45. The van der Waals surface area contributed by atoms with Crippen molar-refractivity contribution < 1.29 is 0 Å². The lowest BCUT2D eigenvalue weighted by atomic mass is 10.2. The van der Waals surface area contributed by atoms with Gasteiger partial charge in [-0.05, 0) is 39.2 Å². The van der Waals surface area contributed by atoms with Crippen LogP contribution in [-0.4, -0.2) is 26.2 Å². The van der Waals surface area contributed by atoms with Crippen molar-refractivity contribution in [3.05, 3.63) is 16.3 Å². The molecule has 4 rings (SSSR count). The van der Waals surface area contributed by atoms with E-state index in [1.165, 1.54) is 23.3 Å². The lowest BCUT2D eigenvalue weighted by Crippen LogP contribution is -2.02. The van der Waals surface area contributed by atoms with Gasteiger partial charge in [-0.25, -0.2) is 9.97 Å². The summed E-state index contributed by atoms with van der Waals surface area (Å²) < 4.78 is 0.923. The number of hydrogen-bond donors (Lipinski definition) is 2. The minimum absolute atomic E-state index is 0.0705. The smallest absolute Gasteiger partial charge is 0.206 e. The van der Waals surface area contributed by atoms with E-state index >= 15 is 0 Å². The fourth-order valence-corrected chi connectivity index (χ4v) is 5.46. The molecule has 1 fully saturated rings. The standard InChI is InChI=1S/C15H18N6S3/c1-6-7(2)22-13-10(6)11(16)18-12(19-13)8(3)23-15-21-20-14(24-15)17-9-4-5-9/h8-9H,4-5H2,1-3H3,(H,17,20)(H2,16,18,19). The maximum absolute atomic E-state index is 6.18. The second-order valence-corrected chi connectivity index (χ2v) is 9.75. The quantitative estimate of drug-likeness (QED) is 0.644. The molecule has 126 valence electrons. The number of nitrogens with one attached hydrogen (secondary N) is 1. The van der Waals surface area contributed by atoms with Crippen LogP contribution in [0.3, 0.4) is 0 Å². The second kappa shape index (κ2) is 6.12. The Kier molecular flexibility index (Phi) is 4.09. The van der Waals surface area contributed by atoms with Crippen molar-refractivity contribution in [2.45, 2.75) is 49.2 Å². The lowest BCUT2D eigenvalue weighted by Gasteiger charge is -2.08. The van der Waals surface area contributed by atoms with Crippen LogP contribution in [0.1, 0.15) is 41.3 Å².